The molecule has 0 spiro atoms. The molecule has 0 N–H and O–H groups in total. The summed E-state index contributed by atoms with van der Waals surface area (Å²) in [6.45, 7) is 0. The van der Waals surface area contributed by atoms with Gasteiger partial charge in [-0.15, -0.1) is 0 Å². The van der Waals surface area contributed by atoms with Crippen molar-refractivity contribution in [2.45, 2.75) is 0 Å². The minimum atomic E-state index is 0.549. The topological polar surface area (TPSA) is 69.9 Å². The van der Waals surface area contributed by atoms with Crippen molar-refractivity contribution >= 4 is 65.7 Å². The number of nitrogens with zero attached hydrogens (tertiary/aromatic N) is 4. The maximum Gasteiger partial charge on any atom is 0.164 e. The molecular formula is C57H34N4O2. The molecule has 0 fully saturated rings. The molecule has 4 aromatic heterocycles. The van der Waals surface area contributed by atoms with Crippen molar-refractivity contribution in [3.8, 4) is 62.1 Å². The van der Waals surface area contributed by atoms with Gasteiger partial charge in [0, 0.05) is 49.0 Å². The third-order valence-electron chi connectivity index (χ3n) is 12.3. The van der Waals surface area contributed by atoms with E-state index >= 15 is 0 Å². The van der Waals surface area contributed by atoms with Crippen LogP contribution >= 0.6 is 0 Å². The lowest BCUT2D eigenvalue weighted by atomic mass is 9.99. The predicted octanol–water partition coefficient (Wildman–Crippen LogP) is 15.1. The molecule has 13 aromatic rings. The molecule has 0 aliphatic rings. The zero-order chi connectivity index (χ0) is 41.4. The zero-order valence-corrected chi connectivity index (χ0v) is 33.7. The molecule has 0 atom stereocenters. The minimum absolute atomic E-state index is 0.549. The first-order valence-corrected chi connectivity index (χ1v) is 21.1. The molecule has 0 aliphatic carbocycles. The fourth-order valence-electron chi connectivity index (χ4n) is 9.31. The highest BCUT2D eigenvalue weighted by Crippen LogP contribution is 2.41. The second-order valence-electron chi connectivity index (χ2n) is 15.9. The van der Waals surface area contributed by atoms with Crippen LogP contribution in [0.1, 0.15) is 0 Å². The van der Waals surface area contributed by atoms with Crippen LogP contribution < -0.4 is 0 Å². The van der Waals surface area contributed by atoms with E-state index in [4.69, 9.17) is 23.8 Å². The summed E-state index contributed by atoms with van der Waals surface area (Å²) in [7, 11) is 0. The molecule has 0 radical (unpaired) electrons. The zero-order valence-electron chi connectivity index (χ0n) is 33.7. The number of rotatable bonds is 6. The molecule has 63 heavy (non-hydrogen) atoms. The van der Waals surface area contributed by atoms with Gasteiger partial charge < -0.3 is 13.4 Å². The Hall–Kier alpha value is -8.61. The summed E-state index contributed by atoms with van der Waals surface area (Å²) in [4.78, 5) is 15.3. The highest BCUT2D eigenvalue weighted by atomic mass is 16.3. The van der Waals surface area contributed by atoms with E-state index < -0.39 is 0 Å². The Labute approximate surface area is 361 Å². The van der Waals surface area contributed by atoms with E-state index in [0.717, 1.165) is 94.0 Å². The third-order valence-corrected chi connectivity index (χ3v) is 12.3. The highest BCUT2D eigenvalue weighted by Gasteiger charge is 2.21. The lowest BCUT2D eigenvalue weighted by Gasteiger charge is -2.09. The van der Waals surface area contributed by atoms with Crippen LogP contribution in [0.2, 0.25) is 0 Å². The SMILES string of the molecule is c1ccc(-c2ccc3c4ccccc4n(-c4cccc5c4oc4cc(-c6nc(-c7ccccc7)nc(-c7ccc8c(c7)oc7cccc(-c9ccccc9)c78)n6)ccc45)c3c2)cc1. The van der Waals surface area contributed by atoms with Crippen LogP contribution in [0, 0.1) is 0 Å². The lowest BCUT2D eigenvalue weighted by Crippen LogP contribution is -2.00. The first-order valence-electron chi connectivity index (χ1n) is 21.1. The van der Waals surface area contributed by atoms with E-state index in [2.05, 4.69) is 156 Å². The van der Waals surface area contributed by atoms with E-state index in [1.54, 1.807) is 0 Å². The summed E-state index contributed by atoms with van der Waals surface area (Å²) in [5.74, 6) is 1.69. The van der Waals surface area contributed by atoms with Gasteiger partial charge >= 0.3 is 0 Å². The number of benzene rings is 9. The largest absolute Gasteiger partial charge is 0.456 e. The molecule has 0 aliphatic heterocycles. The first kappa shape index (κ1) is 35.2. The van der Waals surface area contributed by atoms with Gasteiger partial charge in [0.25, 0.3) is 0 Å². The predicted molar refractivity (Wildman–Crippen MR) is 256 cm³/mol. The fraction of sp³-hybridized carbons (Fsp3) is 0. The van der Waals surface area contributed by atoms with Gasteiger partial charge in [0.05, 0.1) is 16.7 Å². The van der Waals surface area contributed by atoms with Gasteiger partial charge in [-0.05, 0) is 70.8 Å². The summed E-state index contributed by atoms with van der Waals surface area (Å²) < 4.78 is 15.8. The van der Waals surface area contributed by atoms with Gasteiger partial charge in [-0.3, -0.25) is 0 Å². The summed E-state index contributed by atoms with van der Waals surface area (Å²) >= 11 is 0. The van der Waals surface area contributed by atoms with Crippen LogP contribution in [-0.2, 0) is 0 Å². The van der Waals surface area contributed by atoms with Crippen LogP contribution in [0.4, 0.5) is 0 Å². The van der Waals surface area contributed by atoms with Crippen molar-refractivity contribution < 1.29 is 8.83 Å². The average molecular weight is 807 g/mol. The number of para-hydroxylation sites is 2. The quantitative estimate of drug-likeness (QED) is 0.167. The van der Waals surface area contributed by atoms with Crippen LogP contribution in [0.25, 0.3) is 128 Å². The first-order chi connectivity index (χ1) is 31.2. The number of hydrogen-bond acceptors (Lipinski definition) is 5. The number of furan rings is 2. The van der Waals surface area contributed by atoms with Crippen LogP contribution in [0.3, 0.4) is 0 Å². The summed E-state index contributed by atoms with van der Waals surface area (Å²) in [6, 6.07) is 71.5. The smallest absolute Gasteiger partial charge is 0.164 e. The Bertz CT molecular complexity index is 3900. The molecule has 4 heterocycles. The van der Waals surface area contributed by atoms with E-state index in [1.165, 1.54) is 16.3 Å². The Morgan fingerprint density at radius 2 is 0.873 bits per heavy atom. The van der Waals surface area contributed by atoms with E-state index in [9.17, 15) is 0 Å². The monoisotopic (exact) mass is 806 g/mol. The van der Waals surface area contributed by atoms with Crippen molar-refractivity contribution in [3.63, 3.8) is 0 Å². The van der Waals surface area contributed by atoms with E-state index in [0.29, 0.717) is 17.5 Å². The average Bonchev–Trinajstić information content (AvgIpc) is 4.03. The van der Waals surface area contributed by atoms with Gasteiger partial charge in [0.15, 0.2) is 23.1 Å². The highest BCUT2D eigenvalue weighted by molar-refractivity contribution is 6.14. The van der Waals surface area contributed by atoms with Gasteiger partial charge in [-0.25, -0.2) is 15.0 Å². The minimum Gasteiger partial charge on any atom is -0.456 e. The normalized spacial score (nSPS) is 11.8. The third kappa shape index (κ3) is 5.69. The molecule has 0 unspecified atom stereocenters. The van der Waals surface area contributed by atoms with Crippen molar-refractivity contribution in [2.24, 2.45) is 0 Å². The van der Waals surface area contributed by atoms with Gasteiger partial charge in [-0.2, -0.15) is 0 Å². The number of hydrogen-bond donors (Lipinski definition) is 0. The molecule has 0 saturated carbocycles. The van der Waals surface area contributed by atoms with Gasteiger partial charge in [0.1, 0.15) is 16.7 Å². The summed E-state index contributed by atoms with van der Waals surface area (Å²) in [5.41, 5.74) is 13.6. The summed E-state index contributed by atoms with van der Waals surface area (Å²) in [6.07, 6.45) is 0. The van der Waals surface area contributed by atoms with Crippen molar-refractivity contribution in [2.75, 3.05) is 0 Å². The molecule has 0 bridgehead atoms. The van der Waals surface area contributed by atoms with Crippen LogP contribution in [0.15, 0.2) is 215 Å². The van der Waals surface area contributed by atoms with Crippen LogP contribution in [0.5, 0.6) is 0 Å². The fourth-order valence-corrected chi connectivity index (χ4v) is 9.31. The Balaban J connectivity index is 0.961. The second kappa shape index (κ2) is 14.0. The summed E-state index contributed by atoms with van der Waals surface area (Å²) in [5, 5.41) is 6.57. The molecule has 0 amide bonds. The van der Waals surface area contributed by atoms with Crippen LogP contribution in [-0.4, -0.2) is 19.5 Å². The van der Waals surface area contributed by atoms with Crippen molar-refractivity contribution in [1.82, 2.24) is 19.5 Å². The molecule has 6 nitrogen and oxygen atoms in total. The maximum atomic E-state index is 6.93. The van der Waals surface area contributed by atoms with Gasteiger partial charge in [0.2, 0.25) is 0 Å². The molecule has 0 saturated heterocycles. The Kier molecular flexibility index (Phi) is 7.80. The number of fused-ring (bicyclic) bond motifs is 9. The second-order valence-corrected chi connectivity index (χ2v) is 15.9. The molecule has 9 aromatic carbocycles. The van der Waals surface area contributed by atoms with E-state index in [1.807, 2.05) is 54.6 Å². The van der Waals surface area contributed by atoms with Crippen molar-refractivity contribution in [1.29, 1.82) is 0 Å². The lowest BCUT2D eigenvalue weighted by molar-refractivity contribution is 0.666. The molecule has 6 heteroatoms. The standard InChI is InChI=1S/C57H34N4O2/c1-4-14-35(15-5-1)38-26-29-43-42-20-10-11-23-47(42)61(49(43)32-38)48-24-12-22-45-44-30-27-39(33-51(44)63-54(45)48)56-58-55(37-18-8-3-9-19-37)59-57(60-56)40-28-31-46-52(34-40)62-50-25-13-21-41(53(46)50)36-16-6-2-7-17-36/h1-34H. The Morgan fingerprint density at radius 1 is 0.317 bits per heavy atom. The maximum absolute atomic E-state index is 6.93. The van der Waals surface area contributed by atoms with Crippen molar-refractivity contribution in [3.05, 3.63) is 206 Å². The van der Waals surface area contributed by atoms with Gasteiger partial charge in [-0.1, -0.05) is 158 Å². The van der Waals surface area contributed by atoms with E-state index in [-0.39, 0.29) is 0 Å². The molecule has 294 valence electrons. The Morgan fingerprint density at radius 3 is 1.62 bits per heavy atom. The molecule has 13 rings (SSSR count). The number of aromatic nitrogens is 4. The molecular weight excluding hydrogens is 773 g/mol.